The predicted molar refractivity (Wildman–Crippen MR) is 277 cm³/mol. The largest absolute Gasteiger partial charge is 0.508 e. The Labute approximate surface area is 406 Å². The highest BCUT2D eigenvalue weighted by atomic mass is 32.2. The molecule has 1 fully saturated rings. The zero-order valence-corrected chi connectivity index (χ0v) is 42.6. The van der Waals surface area contributed by atoms with E-state index in [4.69, 9.17) is 18.6 Å². The first-order valence-electron chi connectivity index (χ1n) is 23.5. The third-order valence-electron chi connectivity index (χ3n) is 13.7. The van der Waals surface area contributed by atoms with E-state index in [-0.39, 0.29) is 29.9 Å². The van der Waals surface area contributed by atoms with Gasteiger partial charge in [0.05, 0.1) is 17.6 Å². The second-order valence-corrected chi connectivity index (χ2v) is 27.1. The van der Waals surface area contributed by atoms with E-state index in [1.165, 1.54) is 17.1 Å². The van der Waals surface area contributed by atoms with Crippen molar-refractivity contribution in [2.45, 2.75) is 82.6 Å². The molecule has 1 amide bonds. The monoisotopic (exact) mass is 988 g/mol. The molecule has 1 N–H and O–H groups in total. The molecule has 2 aliphatic rings. The van der Waals surface area contributed by atoms with E-state index < -0.39 is 73.0 Å². The fourth-order valence-electron chi connectivity index (χ4n) is 10.0. The summed E-state index contributed by atoms with van der Waals surface area (Å²) in [5, 5.41) is 3.42. The SMILES string of the molecule is C=CCOC(=O)O[C@H](C)[C@H]1C(=O)N(C(C(=O)OCC=C)=P(c2ccccc2)(c2ccccc2)c2ccccc2)[C@@H]1[C@@H](C)C(=O)Cc1c(CCO[Si](CC)(CC)CC)cc2cccc3c2c1S(=O)(=O)N3. The van der Waals surface area contributed by atoms with E-state index in [1.807, 2.05) is 103 Å². The standard InChI is InChI=1S/C54H61N2O10PSSi/c1-8-32-63-53(59)52(67(41-24-16-13-17-25-41,42-26-18-14-19-27-42)43-28-20-15-21-29-43)56-49(47(51(56)58)38(7)66-54(60)64-33-9-2)37(6)46(57)36-44-39(31-34-65-69(10-3,11-4)12-5)35-40-23-22-30-45-48(40)50(44)68(61,62)55-45/h8-9,13-30,35,37-38,47,49,55H,1-2,10-12,31-34,36H2,3-7H3/t37-,38+,47+,49+/m0/s1. The molecule has 0 aromatic heterocycles. The molecule has 15 heteroatoms. The van der Waals surface area contributed by atoms with Gasteiger partial charge in [-0.25, -0.2) is 18.0 Å². The quantitative estimate of drug-likeness (QED) is 0.0234. The smallest absolute Gasteiger partial charge is 0.457 e. The molecule has 7 rings (SSSR count). The van der Waals surface area contributed by atoms with Gasteiger partial charge in [-0.3, -0.25) is 14.3 Å². The van der Waals surface area contributed by atoms with Crippen molar-refractivity contribution in [2.24, 2.45) is 11.8 Å². The maximum absolute atomic E-state index is 15.5. The van der Waals surface area contributed by atoms with Crippen molar-refractivity contribution in [3.05, 3.63) is 152 Å². The summed E-state index contributed by atoms with van der Waals surface area (Å²) in [4.78, 5) is 60.5. The summed E-state index contributed by atoms with van der Waals surface area (Å²) in [6.45, 7) is 13.6. The lowest BCUT2D eigenvalue weighted by Gasteiger charge is -2.53. The number of β-lactam (4-membered cyclic amide) rings is 1. The van der Waals surface area contributed by atoms with Crippen LogP contribution in [0.15, 0.2) is 145 Å². The summed E-state index contributed by atoms with van der Waals surface area (Å²) < 4.78 is 54.6. The van der Waals surface area contributed by atoms with Crippen molar-refractivity contribution in [1.82, 2.24) is 4.90 Å². The average Bonchev–Trinajstić information content (AvgIpc) is 3.65. The number of ketones is 1. The van der Waals surface area contributed by atoms with Crippen LogP contribution >= 0.6 is 6.89 Å². The normalized spacial score (nSPS) is 16.9. The number of Topliss-reactive ketones (excluding diaryl/α,β-unsaturated/α-hetero) is 1. The third-order valence-corrected chi connectivity index (χ3v) is 24.1. The number of carbonyl (C=O) groups is 4. The van der Waals surface area contributed by atoms with Crippen molar-refractivity contribution in [3.8, 4) is 0 Å². The molecule has 5 aromatic carbocycles. The van der Waals surface area contributed by atoms with Gasteiger partial charge in [0.2, 0.25) is 5.91 Å². The molecule has 0 bridgehead atoms. The van der Waals surface area contributed by atoms with Crippen molar-refractivity contribution in [3.63, 3.8) is 0 Å². The van der Waals surface area contributed by atoms with Gasteiger partial charge in [-0.15, -0.1) is 0 Å². The van der Waals surface area contributed by atoms with E-state index in [1.54, 1.807) is 26.0 Å². The third kappa shape index (κ3) is 9.77. The van der Waals surface area contributed by atoms with Gasteiger partial charge in [-0.05, 0) is 70.0 Å². The Morgan fingerprint density at radius 2 is 1.35 bits per heavy atom. The number of rotatable bonds is 22. The summed E-state index contributed by atoms with van der Waals surface area (Å²) >= 11 is 0. The fraction of sp³-hybridized carbons (Fsp3) is 0.315. The van der Waals surface area contributed by atoms with Gasteiger partial charge in [0.15, 0.2) is 8.32 Å². The fourth-order valence-corrected chi connectivity index (χ4v) is 18.6. The Bertz CT molecular complexity index is 2800. The highest BCUT2D eigenvalue weighted by Crippen LogP contribution is 2.51. The molecule has 69 heavy (non-hydrogen) atoms. The second-order valence-electron chi connectivity index (χ2n) is 17.4. The molecule has 0 unspecified atom stereocenters. The van der Waals surface area contributed by atoms with Gasteiger partial charge in [0, 0.05) is 31.2 Å². The molecular weight excluding hydrogens is 928 g/mol. The molecule has 362 valence electrons. The van der Waals surface area contributed by atoms with Gasteiger partial charge in [-0.2, -0.15) is 0 Å². The van der Waals surface area contributed by atoms with Crippen LogP contribution in [0.2, 0.25) is 18.1 Å². The van der Waals surface area contributed by atoms with Crippen molar-refractivity contribution < 1.29 is 46.2 Å². The number of hydrogen-bond acceptors (Lipinski definition) is 10. The number of carbonyl (C=O) groups excluding carboxylic acids is 4. The zero-order valence-electron chi connectivity index (χ0n) is 39.9. The lowest BCUT2D eigenvalue weighted by atomic mass is 9.74. The Kier molecular flexibility index (Phi) is 16.0. The van der Waals surface area contributed by atoms with Gasteiger partial charge in [-0.1, -0.05) is 162 Å². The van der Waals surface area contributed by atoms with Gasteiger partial charge in [0.25, 0.3) is 10.0 Å². The Morgan fingerprint density at radius 3 is 1.88 bits per heavy atom. The van der Waals surface area contributed by atoms with Gasteiger partial charge >= 0.3 is 12.1 Å². The number of sulfonamides is 1. The molecule has 0 aliphatic carbocycles. The van der Waals surface area contributed by atoms with Crippen LogP contribution in [0.5, 0.6) is 0 Å². The van der Waals surface area contributed by atoms with Crippen molar-refractivity contribution in [1.29, 1.82) is 0 Å². The first-order valence-corrected chi connectivity index (χ1v) is 29.3. The van der Waals surface area contributed by atoms with Crippen LogP contribution in [0.4, 0.5) is 10.5 Å². The summed E-state index contributed by atoms with van der Waals surface area (Å²) in [6, 6.07) is 37.4. The van der Waals surface area contributed by atoms with Crippen molar-refractivity contribution in [2.75, 3.05) is 24.5 Å². The average molecular weight is 989 g/mol. The number of benzene rings is 5. The predicted octanol–water partition coefficient (Wildman–Crippen LogP) is 8.67. The number of nitrogens with zero attached hydrogens (tertiary/aromatic N) is 1. The number of hydrogen-bond donors (Lipinski definition) is 1. The highest BCUT2D eigenvalue weighted by Gasteiger charge is 2.59. The molecule has 2 aliphatic heterocycles. The number of nitrogens with one attached hydrogen (secondary N) is 1. The number of anilines is 1. The zero-order chi connectivity index (χ0) is 49.5. The van der Waals surface area contributed by atoms with Crippen LogP contribution in [0.3, 0.4) is 0 Å². The molecule has 1 saturated heterocycles. The minimum absolute atomic E-state index is 0.0225. The summed E-state index contributed by atoms with van der Waals surface area (Å²) in [7, 11) is -6.16. The van der Waals surface area contributed by atoms with Gasteiger partial charge in [0.1, 0.15) is 35.4 Å². The Balaban J connectivity index is 1.45. The molecule has 5 aromatic rings. The summed E-state index contributed by atoms with van der Waals surface area (Å²) in [5.74, 6) is -4.00. The Hall–Kier alpha value is -6.05. The van der Waals surface area contributed by atoms with Crippen LogP contribution in [0.25, 0.3) is 10.8 Å². The lowest BCUT2D eigenvalue weighted by Crippen LogP contribution is -2.71. The second kappa shape index (κ2) is 21.7. The number of likely N-dealkylation sites (tertiary alicyclic amines) is 1. The minimum Gasteiger partial charge on any atom is -0.457 e. The first kappa shape index (κ1) is 50.8. The molecule has 0 radical (unpaired) electrons. The van der Waals surface area contributed by atoms with E-state index in [0.717, 1.165) is 34.0 Å². The number of ether oxygens (including phenoxy) is 3. The van der Waals surface area contributed by atoms with Crippen LogP contribution < -0.4 is 20.6 Å². The van der Waals surface area contributed by atoms with E-state index >= 15 is 14.4 Å². The number of amides is 1. The highest BCUT2D eigenvalue weighted by molar-refractivity contribution is 7.96. The van der Waals surface area contributed by atoms with Crippen LogP contribution in [-0.2, 0) is 55.9 Å². The maximum Gasteiger partial charge on any atom is 0.508 e. The topological polar surface area (TPSA) is 155 Å². The van der Waals surface area contributed by atoms with E-state index in [0.29, 0.717) is 40.6 Å². The van der Waals surface area contributed by atoms with E-state index in [2.05, 4.69) is 38.7 Å². The first-order chi connectivity index (χ1) is 33.2. The molecular formula is C54H61N2O10PSSi. The minimum atomic E-state index is -4.12. The molecule has 0 spiro atoms. The molecule has 4 atom stereocenters. The van der Waals surface area contributed by atoms with Gasteiger partial charge < -0.3 is 23.5 Å². The number of esters is 1. The van der Waals surface area contributed by atoms with E-state index in [9.17, 15) is 13.2 Å². The summed E-state index contributed by atoms with van der Waals surface area (Å²) in [6.07, 6.45) is 0.666. The summed E-state index contributed by atoms with van der Waals surface area (Å²) in [5.41, 5.74) is 1.45. The molecule has 12 nitrogen and oxygen atoms in total. The van der Waals surface area contributed by atoms with Crippen LogP contribution in [-0.4, -0.2) is 82.8 Å². The maximum atomic E-state index is 15.5. The molecule has 0 saturated carbocycles. The molecule has 2 heterocycles. The van der Waals surface area contributed by atoms with Crippen LogP contribution in [0, 0.1) is 11.8 Å². The lowest BCUT2D eigenvalue weighted by molar-refractivity contribution is -0.163. The Morgan fingerprint density at radius 1 is 0.797 bits per heavy atom. The van der Waals surface area contributed by atoms with Crippen LogP contribution in [0.1, 0.15) is 45.7 Å². The van der Waals surface area contributed by atoms with Crippen molar-refractivity contribution >= 4 is 86.8 Å².